The fourth-order valence-electron chi connectivity index (χ4n) is 1.25. The molecular formula is C12H11ClN2O2. The molecule has 0 amide bonds. The highest BCUT2D eigenvalue weighted by Gasteiger charge is 1.99. The van der Waals surface area contributed by atoms with Crippen molar-refractivity contribution >= 4 is 11.6 Å². The van der Waals surface area contributed by atoms with Crippen LogP contribution in [0.2, 0.25) is 5.15 Å². The maximum atomic E-state index is 5.63. The van der Waals surface area contributed by atoms with Crippen LogP contribution in [0, 0.1) is 0 Å². The fraction of sp³-hybridized carbons (Fsp3) is 0.167. The predicted molar refractivity (Wildman–Crippen MR) is 64.4 cm³/mol. The third-order valence-corrected chi connectivity index (χ3v) is 2.33. The molecule has 0 aliphatic carbocycles. The first-order valence-electron chi connectivity index (χ1n) is 5.03. The van der Waals surface area contributed by atoms with Crippen LogP contribution in [-0.2, 0) is 6.61 Å². The zero-order valence-corrected chi connectivity index (χ0v) is 10.0. The predicted octanol–water partition coefficient (Wildman–Crippen LogP) is 2.72. The average Bonchev–Trinajstić information content (AvgIpc) is 2.39. The molecule has 0 aliphatic rings. The number of ether oxygens (including phenoxy) is 2. The van der Waals surface area contributed by atoms with Gasteiger partial charge < -0.3 is 9.47 Å². The van der Waals surface area contributed by atoms with Gasteiger partial charge in [0.15, 0.2) is 5.15 Å². The molecule has 1 aromatic heterocycles. The van der Waals surface area contributed by atoms with Crippen molar-refractivity contribution in [2.75, 3.05) is 7.11 Å². The van der Waals surface area contributed by atoms with Gasteiger partial charge in [0.2, 0.25) is 0 Å². The van der Waals surface area contributed by atoms with Gasteiger partial charge in [0.1, 0.15) is 23.8 Å². The number of methoxy groups -OCH3 is 1. The highest BCUT2D eigenvalue weighted by atomic mass is 35.5. The van der Waals surface area contributed by atoms with E-state index in [-0.39, 0.29) is 0 Å². The minimum atomic E-state index is 0.358. The van der Waals surface area contributed by atoms with E-state index < -0.39 is 0 Å². The van der Waals surface area contributed by atoms with Crippen LogP contribution in [0.15, 0.2) is 36.4 Å². The molecule has 4 nitrogen and oxygen atoms in total. The van der Waals surface area contributed by atoms with Crippen molar-refractivity contribution in [1.29, 1.82) is 0 Å². The molecule has 2 rings (SSSR count). The third-order valence-electron chi connectivity index (χ3n) is 2.13. The molecule has 1 heterocycles. The second-order valence-electron chi connectivity index (χ2n) is 3.31. The number of nitrogens with zero attached hydrogens (tertiary/aromatic N) is 2. The third kappa shape index (κ3) is 3.32. The number of hydrogen-bond donors (Lipinski definition) is 0. The second-order valence-corrected chi connectivity index (χ2v) is 3.70. The molecule has 0 saturated heterocycles. The van der Waals surface area contributed by atoms with Crippen LogP contribution in [-0.4, -0.2) is 17.3 Å². The average molecular weight is 251 g/mol. The number of halogens is 1. The quantitative estimate of drug-likeness (QED) is 0.837. The number of benzene rings is 1. The second kappa shape index (κ2) is 5.50. The number of rotatable bonds is 4. The van der Waals surface area contributed by atoms with E-state index in [1.54, 1.807) is 19.2 Å². The topological polar surface area (TPSA) is 44.2 Å². The molecular weight excluding hydrogens is 240 g/mol. The normalized spacial score (nSPS) is 10.0. The Morgan fingerprint density at radius 2 is 1.71 bits per heavy atom. The molecule has 0 bridgehead atoms. The van der Waals surface area contributed by atoms with Crippen LogP contribution < -0.4 is 9.47 Å². The van der Waals surface area contributed by atoms with E-state index in [2.05, 4.69) is 10.2 Å². The van der Waals surface area contributed by atoms with Crippen molar-refractivity contribution in [3.8, 4) is 11.5 Å². The van der Waals surface area contributed by atoms with Crippen LogP contribution in [0.5, 0.6) is 11.5 Å². The molecule has 0 unspecified atom stereocenters. The SMILES string of the molecule is COc1ccc(OCc2ccc(Cl)nn2)cc1. The number of aromatic nitrogens is 2. The Kier molecular flexibility index (Phi) is 3.77. The summed E-state index contributed by atoms with van der Waals surface area (Å²) in [5.41, 5.74) is 0.727. The molecule has 5 heteroatoms. The van der Waals surface area contributed by atoms with Gasteiger partial charge in [0.25, 0.3) is 0 Å². The molecule has 0 fully saturated rings. The van der Waals surface area contributed by atoms with E-state index in [0.717, 1.165) is 17.2 Å². The van der Waals surface area contributed by atoms with Crippen LogP contribution >= 0.6 is 11.6 Å². The van der Waals surface area contributed by atoms with Gasteiger partial charge in [-0.05, 0) is 36.4 Å². The maximum Gasteiger partial charge on any atom is 0.151 e. The monoisotopic (exact) mass is 250 g/mol. The zero-order valence-electron chi connectivity index (χ0n) is 9.26. The summed E-state index contributed by atoms with van der Waals surface area (Å²) < 4.78 is 10.6. The van der Waals surface area contributed by atoms with Crippen molar-refractivity contribution in [2.24, 2.45) is 0 Å². The first-order chi connectivity index (χ1) is 8.28. The van der Waals surface area contributed by atoms with Crippen LogP contribution in [0.25, 0.3) is 0 Å². The van der Waals surface area contributed by atoms with Gasteiger partial charge in [-0.1, -0.05) is 11.6 Å². The number of hydrogen-bond acceptors (Lipinski definition) is 4. The van der Waals surface area contributed by atoms with Crippen LogP contribution in [0.3, 0.4) is 0 Å². The summed E-state index contributed by atoms with van der Waals surface area (Å²) in [5.74, 6) is 1.55. The Morgan fingerprint density at radius 1 is 1.00 bits per heavy atom. The van der Waals surface area contributed by atoms with Gasteiger partial charge in [0, 0.05) is 0 Å². The molecule has 0 N–H and O–H groups in total. The van der Waals surface area contributed by atoms with Gasteiger partial charge in [-0.25, -0.2) is 0 Å². The minimum absolute atomic E-state index is 0.358. The van der Waals surface area contributed by atoms with E-state index >= 15 is 0 Å². The van der Waals surface area contributed by atoms with Crippen LogP contribution in [0.1, 0.15) is 5.69 Å². The van der Waals surface area contributed by atoms with Crippen molar-refractivity contribution in [2.45, 2.75) is 6.61 Å². The van der Waals surface area contributed by atoms with E-state index in [1.807, 2.05) is 24.3 Å². The maximum absolute atomic E-state index is 5.63. The Balaban J connectivity index is 1.95. The minimum Gasteiger partial charge on any atom is -0.497 e. The van der Waals surface area contributed by atoms with E-state index in [0.29, 0.717) is 11.8 Å². The summed E-state index contributed by atoms with van der Waals surface area (Å²) >= 11 is 5.63. The smallest absolute Gasteiger partial charge is 0.151 e. The van der Waals surface area contributed by atoms with Crippen molar-refractivity contribution in [3.63, 3.8) is 0 Å². The Hall–Kier alpha value is -1.81. The van der Waals surface area contributed by atoms with E-state index in [1.165, 1.54) is 0 Å². The largest absolute Gasteiger partial charge is 0.497 e. The molecule has 0 radical (unpaired) electrons. The van der Waals surface area contributed by atoms with Crippen molar-refractivity contribution in [1.82, 2.24) is 10.2 Å². The molecule has 88 valence electrons. The standard InChI is InChI=1S/C12H11ClN2O2/c1-16-10-3-5-11(6-4-10)17-8-9-2-7-12(13)15-14-9/h2-7H,8H2,1H3. The van der Waals surface area contributed by atoms with Crippen LogP contribution in [0.4, 0.5) is 0 Å². The lowest BCUT2D eigenvalue weighted by Gasteiger charge is -2.06. The highest BCUT2D eigenvalue weighted by Crippen LogP contribution is 2.17. The summed E-state index contributed by atoms with van der Waals surface area (Å²) in [7, 11) is 1.62. The molecule has 0 aliphatic heterocycles. The van der Waals surface area contributed by atoms with Gasteiger partial charge in [-0.15, -0.1) is 5.10 Å². The zero-order chi connectivity index (χ0) is 12.1. The summed E-state index contributed by atoms with van der Waals surface area (Å²) in [6.45, 7) is 0.358. The van der Waals surface area contributed by atoms with Gasteiger partial charge in [0.05, 0.1) is 7.11 Å². The molecule has 0 saturated carbocycles. The first kappa shape index (κ1) is 11.7. The van der Waals surface area contributed by atoms with Gasteiger partial charge in [-0.3, -0.25) is 0 Å². The lowest BCUT2D eigenvalue weighted by atomic mass is 10.3. The highest BCUT2D eigenvalue weighted by molar-refractivity contribution is 6.29. The van der Waals surface area contributed by atoms with E-state index in [4.69, 9.17) is 21.1 Å². The Labute approximate surface area is 104 Å². The van der Waals surface area contributed by atoms with Crippen molar-refractivity contribution in [3.05, 3.63) is 47.2 Å². The molecule has 2 aromatic rings. The molecule has 0 spiro atoms. The molecule has 17 heavy (non-hydrogen) atoms. The lowest BCUT2D eigenvalue weighted by molar-refractivity contribution is 0.299. The molecule has 0 atom stereocenters. The summed E-state index contributed by atoms with van der Waals surface area (Å²) in [4.78, 5) is 0. The van der Waals surface area contributed by atoms with E-state index in [9.17, 15) is 0 Å². The van der Waals surface area contributed by atoms with Crippen molar-refractivity contribution < 1.29 is 9.47 Å². The van der Waals surface area contributed by atoms with Gasteiger partial charge in [-0.2, -0.15) is 5.10 Å². The first-order valence-corrected chi connectivity index (χ1v) is 5.40. The summed E-state index contributed by atoms with van der Waals surface area (Å²) in [6, 6.07) is 10.8. The lowest BCUT2D eigenvalue weighted by Crippen LogP contribution is -1.99. The summed E-state index contributed by atoms with van der Waals surface area (Å²) in [6.07, 6.45) is 0. The Morgan fingerprint density at radius 3 is 2.29 bits per heavy atom. The summed E-state index contributed by atoms with van der Waals surface area (Å²) in [5, 5.41) is 8.00. The Bertz CT molecular complexity index is 471. The van der Waals surface area contributed by atoms with Gasteiger partial charge >= 0.3 is 0 Å². The fourth-order valence-corrected chi connectivity index (χ4v) is 1.35. The molecule has 1 aromatic carbocycles.